The molecule has 0 saturated heterocycles. The number of amidine groups is 4. The van der Waals surface area contributed by atoms with Gasteiger partial charge in [-0.05, 0) is 0 Å². The quantitative estimate of drug-likeness (QED) is 0.148. The number of nitrogens with zero attached hydrogens (tertiary/aromatic N) is 32. The number of fused-ring (bicyclic) bond motifs is 18. The van der Waals surface area contributed by atoms with E-state index >= 15 is 0 Å². The van der Waals surface area contributed by atoms with Gasteiger partial charge in [-0.2, -0.15) is 0 Å². The molecule has 34 heteroatoms. The Bertz CT molecular complexity index is 6330. The summed E-state index contributed by atoms with van der Waals surface area (Å²) < 4.78 is 19.2. The molecule has 0 fully saturated rings. The summed E-state index contributed by atoms with van der Waals surface area (Å²) in [6.07, 6.45) is 26.6. The van der Waals surface area contributed by atoms with Gasteiger partial charge in [0.25, 0.3) is 0 Å². The van der Waals surface area contributed by atoms with E-state index in [1.54, 1.807) is 101 Å². The van der Waals surface area contributed by atoms with Gasteiger partial charge in [-0.25, -0.2) is 0 Å². The molecule has 0 N–H and O–H groups in total. The molecule has 0 saturated carbocycles. The van der Waals surface area contributed by atoms with Gasteiger partial charge >= 0.3 is 557 Å². The van der Waals surface area contributed by atoms with E-state index in [0.717, 1.165) is 43.1 Å². The van der Waals surface area contributed by atoms with E-state index in [0.29, 0.717) is 112 Å². The number of rotatable bonds is 8. The molecular weight excluding hydrogens is 1320 g/mol. The SMILES string of the molecule is [Cl][Ga]1[n]2c3c4c(-n5cnnc5)c5ccccc5c(-n5cnnc5)c4c2N=C2N=C(N=c4c5c(-n6cnnc6)c6ccccc6c(-n6cnnc6)c5c([n]41)=NC1=NC(=N3)c3c1c(-n1cnnc1)c1ccccc1c3-n1cnnc1)c1c2c(-n2cnnc2)c2ccccc2c1-n1cnnc1. The van der Waals surface area contributed by atoms with Crippen LogP contribution in [-0.2, 0) is 0 Å². The molecule has 0 spiro atoms. The van der Waals surface area contributed by atoms with E-state index in [1.807, 2.05) is 109 Å². The van der Waals surface area contributed by atoms with E-state index in [4.69, 9.17) is 30.0 Å². The molecular formula is C64H32ClGaN32. The molecule has 32 nitrogen and oxygen atoms in total. The summed E-state index contributed by atoms with van der Waals surface area (Å²) in [5, 5.41) is 79.5. The first-order valence-corrected chi connectivity index (χ1v) is 35.6. The Morgan fingerprint density at radius 3 is 0.673 bits per heavy atom. The summed E-state index contributed by atoms with van der Waals surface area (Å²) in [5.41, 5.74) is 8.21. The second kappa shape index (κ2) is 19.6. The van der Waals surface area contributed by atoms with Gasteiger partial charge < -0.3 is 0 Å². The third-order valence-electron chi connectivity index (χ3n) is 18.5. The van der Waals surface area contributed by atoms with Gasteiger partial charge in [0.2, 0.25) is 0 Å². The molecule has 18 aromatic rings. The van der Waals surface area contributed by atoms with Gasteiger partial charge in [0.1, 0.15) is 0 Å². The van der Waals surface area contributed by atoms with Crippen LogP contribution in [0.3, 0.4) is 0 Å². The molecule has 4 aliphatic heterocycles. The zero-order chi connectivity index (χ0) is 64.0. The normalized spacial score (nSPS) is 13.7. The van der Waals surface area contributed by atoms with Crippen LogP contribution in [0.25, 0.3) is 110 Å². The number of aromatic nitrogens is 26. The fourth-order valence-corrected chi connectivity index (χ4v) is 20.5. The van der Waals surface area contributed by atoms with Crippen molar-refractivity contribution in [1.82, 2.24) is 125 Å². The molecule has 4 aliphatic rings. The van der Waals surface area contributed by atoms with Crippen LogP contribution < -0.4 is 11.0 Å². The van der Waals surface area contributed by atoms with Crippen molar-refractivity contribution in [3.8, 4) is 45.5 Å². The number of aliphatic imine (C=N–C) groups is 4. The second-order valence-electron chi connectivity index (χ2n) is 23.2. The van der Waals surface area contributed by atoms with E-state index in [-0.39, 0.29) is 23.3 Å². The van der Waals surface area contributed by atoms with Crippen molar-refractivity contribution >= 4 is 125 Å². The minimum absolute atomic E-state index is 0.254. The molecule has 458 valence electrons. The summed E-state index contributed by atoms with van der Waals surface area (Å²) in [6, 6.07) is 32.3. The molecule has 0 radical (unpaired) electrons. The van der Waals surface area contributed by atoms with Crippen molar-refractivity contribution in [3.05, 3.63) is 232 Å². The molecule has 10 aromatic heterocycles. The topological polar surface area (TPSA) is 330 Å². The molecule has 0 aliphatic carbocycles. The Morgan fingerprint density at radius 1 is 0.224 bits per heavy atom. The molecule has 0 unspecified atom stereocenters. The van der Waals surface area contributed by atoms with Crippen molar-refractivity contribution in [3.63, 3.8) is 0 Å². The van der Waals surface area contributed by atoms with Crippen LogP contribution >= 0.6 is 9.64 Å². The Morgan fingerprint density at radius 2 is 0.429 bits per heavy atom. The van der Waals surface area contributed by atoms with Gasteiger partial charge in [-0.1, -0.05) is 0 Å². The average Bonchev–Trinajstić information content (AvgIpc) is 1.53. The fourth-order valence-electron chi connectivity index (χ4n) is 14.8. The Balaban J connectivity index is 1.07. The third kappa shape index (κ3) is 7.00. The summed E-state index contributed by atoms with van der Waals surface area (Å²) >= 11 is -4.68. The summed E-state index contributed by atoms with van der Waals surface area (Å²) in [5.74, 6) is 1.73. The van der Waals surface area contributed by atoms with Gasteiger partial charge in [0.15, 0.2) is 0 Å². The number of hydrogen-bond acceptors (Lipinski definition) is 22. The number of hydrogen-bond donors (Lipinski definition) is 0. The van der Waals surface area contributed by atoms with Crippen LogP contribution in [0.5, 0.6) is 0 Å². The summed E-state index contributed by atoms with van der Waals surface area (Å²) in [6.45, 7) is 0. The van der Waals surface area contributed by atoms with Crippen molar-refractivity contribution in [1.29, 1.82) is 0 Å². The molecule has 0 atom stereocenters. The monoisotopic (exact) mass is 1350 g/mol. The molecule has 8 aromatic carbocycles. The fraction of sp³-hybridized carbons (Fsp3) is 0. The average molecular weight is 1350 g/mol. The Kier molecular flexibility index (Phi) is 10.6. The Hall–Kier alpha value is -13.8. The molecule has 0 amide bonds. The molecule has 98 heavy (non-hydrogen) atoms. The van der Waals surface area contributed by atoms with Crippen LogP contribution in [0.15, 0.2) is 228 Å². The van der Waals surface area contributed by atoms with Gasteiger partial charge in [-0.3, -0.25) is 0 Å². The number of benzene rings is 8. The number of halogens is 1. The van der Waals surface area contributed by atoms with Crippen LogP contribution in [-0.4, -0.2) is 164 Å². The van der Waals surface area contributed by atoms with E-state index in [1.165, 1.54) is 0 Å². The predicted molar refractivity (Wildman–Crippen MR) is 356 cm³/mol. The van der Waals surface area contributed by atoms with Crippen molar-refractivity contribution in [2.45, 2.75) is 0 Å². The van der Waals surface area contributed by atoms with Gasteiger partial charge in [0.05, 0.1) is 0 Å². The maximum absolute atomic E-state index is 9.19. The van der Waals surface area contributed by atoms with Crippen molar-refractivity contribution < 1.29 is 0 Å². The third-order valence-corrected chi connectivity index (χ3v) is 24.3. The van der Waals surface area contributed by atoms with Crippen LogP contribution in [0.1, 0.15) is 22.3 Å². The summed E-state index contributed by atoms with van der Waals surface area (Å²) in [4.78, 5) is 35.8. The first-order valence-electron chi connectivity index (χ1n) is 30.3. The first-order chi connectivity index (χ1) is 48.6. The molecule has 22 rings (SSSR count). The predicted octanol–water partition coefficient (Wildman–Crippen LogP) is 6.42. The van der Waals surface area contributed by atoms with Crippen molar-refractivity contribution in [2.75, 3.05) is 0 Å². The Labute approximate surface area is 553 Å². The zero-order valence-corrected chi connectivity index (χ0v) is 52.9. The van der Waals surface area contributed by atoms with Crippen LogP contribution in [0, 0.1) is 0 Å². The minimum atomic E-state index is -4.68. The van der Waals surface area contributed by atoms with E-state index < -0.39 is 15.7 Å². The second-order valence-corrected chi connectivity index (χ2v) is 28.7. The van der Waals surface area contributed by atoms with Crippen molar-refractivity contribution in [2.24, 2.45) is 30.0 Å². The van der Waals surface area contributed by atoms with Gasteiger partial charge in [-0.15, -0.1) is 0 Å². The standard InChI is InChI=1S/C64H32N32.ClH.Ga/c1-2-10-34-33(9-1)49(89-17-65-66-18-89)41-42(50(34)90-19-67-68-20-90)58-81-57(41)85-59-43-44(52(92-23-71-72-24-92)36-12-4-3-11-35(36)51(43)91-21-69-70-22-91)61(82-59)87-63-47-48(56(96-31-79-80-32-96)40-16-8-7-15-39(40)55(47)95-29-77-78-30-95)64(84-63)88-62-46-45(60(83-62)86-58)53(93-25-73-74-26-93)37-13-5-6-14-38(37)54(46)94-27-75-76-28-94;;/h1-32H;1H;/q-2;;+3/p-1. The van der Waals surface area contributed by atoms with E-state index in [9.17, 15) is 9.64 Å². The van der Waals surface area contributed by atoms with Crippen LogP contribution in [0.2, 0.25) is 0 Å². The van der Waals surface area contributed by atoms with Crippen LogP contribution in [0.4, 0.5) is 11.6 Å². The summed E-state index contributed by atoms with van der Waals surface area (Å²) in [7, 11) is 9.19. The first kappa shape index (κ1) is 52.7. The van der Waals surface area contributed by atoms with E-state index in [2.05, 4.69) is 112 Å². The maximum atomic E-state index is 9.19. The molecule has 14 heterocycles. The van der Waals surface area contributed by atoms with Gasteiger partial charge in [0, 0.05) is 0 Å². The molecule has 6 bridgehead atoms. The zero-order valence-electron chi connectivity index (χ0n) is 49.7.